The lowest BCUT2D eigenvalue weighted by Gasteiger charge is -2.17. The van der Waals surface area contributed by atoms with Crippen LogP contribution < -0.4 is 4.90 Å². The summed E-state index contributed by atoms with van der Waals surface area (Å²) in [5, 5.41) is 0.664. The van der Waals surface area contributed by atoms with Crippen molar-refractivity contribution in [2.24, 2.45) is 0 Å². The molecular formula is C28H31FN5O5P. The Balaban J connectivity index is 1.72. The van der Waals surface area contributed by atoms with Crippen LogP contribution >= 0.6 is 7.82 Å². The zero-order valence-corrected chi connectivity index (χ0v) is 23.6. The van der Waals surface area contributed by atoms with E-state index in [9.17, 15) is 18.6 Å². The number of phosphoric ester groups is 1. The number of hydrogen-bond acceptors (Lipinski definition) is 7. The molecule has 40 heavy (non-hydrogen) atoms. The van der Waals surface area contributed by atoms with Gasteiger partial charge in [-0.1, -0.05) is 18.2 Å². The highest BCUT2D eigenvalue weighted by atomic mass is 31.2. The van der Waals surface area contributed by atoms with Gasteiger partial charge in [-0.25, -0.2) is 14.5 Å². The normalized spacial score (nSPS) is 13.3. The molecule has 0 fully saturated rings. The fourth-order valence-electron chi connectivity index (χ4n) is 4.06. The zero-order valence-electron chi connectivity index (χ0n) is 22.7. The van der Waals surface area contributed by atoms with E-state index in [0.717, 1.165) is 11.1 Å². The molecule has 0 aliphatic rings. The van der Waals surface area contributed by atoms with Gasteiger partial charge < -0.3 is 19.3 Å². The van der Waals surface area contributed by atoms with Crippen LogP contribution in [0.4, 0.5) is 10.1 Å². The molecule has 4 rings (SSSR count). The molecule has 0 aliphatic heterocycles. The third-order valence-electron chi connectivity index (χ3n) is 6.03. The summed E-state index contributed by atoms with van der Waals surface area (Å²) in [5.74, 6) is -0.796. The Kier molecular flexibility index (Phi) is 9.24. The van der Waals surface area contributed by atoms with Crippen LogP contribution in [0.25, 0.3) is 33.3 Å². The molecule has 0 spiro atoms. The first kappa shape index (κ1) is 29.3. The van der Waals surface area contributed by atoms with Crippen LogP contribution in [0.5, 0.6) is 0 Å². The Morgan fingerprint density at radius 3 is 2.62 bits per heavy atom. The molecule has 0 bridgehead atoms. The number of benzene rings is 1. The second-order valence-electron chi connectivity index (χ2n) is 9.23. The van der Waals surface area contributed by atoms with E-state index in [-0.39, 0.29) is 19.2 Å². The van der Waals surface area contributed by atoms with Crippen LogP contribution in [0.2, 0.25) is 0 Å². The number of amides is 1. The van der Waals surface area contributed by atoms with Crippen molar-refractivity contribution < 1.29 is 27.7 Å². The molecule has 1 atom stereocenters. The Hall–Kier alpha value is -3.73. The summed E-state index contributed by atoms with van der Waals surface area (Å²) < 4.78 is 37.6. The second kappa shape index (κ2) is 12.6. The highest BCUT2D eigenvalue weighted by Crippen LogP contribution is 2.44. The van der Waals surface area contributed by atoms with Gasteiger partial charge in [-0.3, -0.25) is 13.8 Å². The molecule has 4 aromatic rings. The van der Waals surface area contributed by atoms with Crippen LogP contribution in [0.15, 0.2) is 73.2 Å². The van der Waals surface area contributed by atoms with Crippen LogP contribution in [0.3, 0.4) is 0 Å². The van der Waals surface area contributed by atoms with E-state index >= 15 is 0 Å². The quantitative estimate of drug-likeness (QED) is 0.152. The van der Waals surface area contributed by atoms with Crippen LogP contribution in [0, 0.1) is 5.95 Å². The average molecular weight is 568 g/mol. The highest BCUT2D eigenvalue weighted by Gasteiger charge is 2.22. The van der Waals surface area contributed by atoms with E-state index in [1.54, 1.807) is 48.0 Å². The number of fused-ring (bicyclic) bond motifs is 1. The number of pyridine rings is 2. The first-order valence-electron chi connectivity index (χ1n) is 12.5. The summed E-state index contributed by atoms with van der Waals surface area (Å²) >= 11 is 0. The molecule has 1 aromatic carbocycles. The van der Waals surface area contributed by atoms with Crippen LogP contribution in [0.1, 0.15) is 6.92 Å². The summed E-state index contributed by atoms with van der Waals surface area (Å²) in [6, 6.07) is 12.3. The van der Waals surface area contributed by atoms with E-state index in [0.29, 0.717) is 34.4 Å². The minimum absolute atomic E-state index is 0.00950. The van der Waals surface area contributed by atoms with Gasteiger partial charge in [0.2, 0.25) is 11.9 Å². The predicted octanol–water partition coefficient (Wildman–Crippen LogP) is 5.10. The Morgan fingerprint density at radius 1 is 1.10 bits per heavy atom. The maximum Gasteiger partial charge on any atom is 0.473 e. The van der Waals surface area contributed by atoms with Crippen molar-refractivity contribution in [1.82, 2.24) is 19.4 Å². The highest BCUT2D eigenvalue weighted by molar-refractivity contribution is 7.47. The molecule has 1 unspecified atom stereocenters. The lowest BCUT2D eigenvalue weighted by Crippen LogP contribution is -2.24. The topological polar surface area (TPSA) is 110 Å². The second-order valence-corrected chi connectivity index (χ2v) is 10.7. The number of halogens is 1. The molecule has 12 heteroatoms. The SMILES string of the molecule is CCOP(=O)(O)OCn1cc(-c2ccnc(F)c2)c2cc(-c3cccc(N(C)C(=O)C=CCN(C)C)c3)cnc21. The van der Waals surface area contributed by atoms with Crippen LogP contribution in [-0.2, 0) is 25.1 Å². The number of nitrogens with zero attached hydrogens (tertiary/aromatic N) is 5. The molecule has 0 saturated carbocycles. The minimum Gasteiger partial charge on any atom is -0.312 e. The molecule has 0 saturated heterocycles. The van der Waals surface area contributed by atoms with Gasteiger partial charge in [-0.05, 0) is 56.4 Å². The molecule has 1 N–H and O–H groups in total. The molecule has 210 valence electrons. The van der Waals surface area contributed by atoms with E-state index in [2.05, 4.69) is 9.97 Å². The summed E-state index contributed by atoms with van der Waals surface area (Å²) in [4.78, 5) is 34.3. The van der Waals surface area contributed by atoms with E-state index < -0.39 is 13.8 Å². The molecule has 0 aliphatic carbocycles. The molecule has 10 nitrogen and oxygen atoms in total. The number of carbonyl (C=O) groups excluding carboxylic acids is 1. The number of rotatable bonds is 11. The van der Waals surface area contributed by atoms with Gasteiger partial charge in [0.05, 0.1) is 6.61 Å². The number of hydrogen-bond donors (Lipinski definition) is 1. The monoisotopic (exact) mass is 567 g/mol. The maximum atomic E-state index is 14.0. The Morgan fingerprint density at radius 2 is 1.90 bits per heavy atom. The number of anilines is 1. The summed E-state index contributed by atoms with van der Waals surface area (Å²) in [6.45, 7) is 1.94. The lowest BCUT2D eigenvalue weighted by atomic mass is 10.0. The Bertz CT molecular complexity index is 1590. The third kappa shape index (κ3) is 7.07. The van der Waals surface area contributed by atoms with Gasteiger partial charge in [0.1, 0.15) is 12.4 Å². The fourth-order valence-corrected chi connectivity index (χ4v) is 4.73. The first-order chi connectivity index (χ1) is 19.1. The standard InChI is InChI=1S/C28H31FN5O5P/c1-5-38-40(36,37)39-19-34-18-25(21-11-12-30-26(29)16-21)24-15-22(17-31-28(24)34)20-8-6-9-23(14-20)33(4)27(35)10-7-13-32(2)3/h6-12,14-18H,5,13,19H2,1-4H3,(H,36,37). The van der Waals surface area contributed by atoms with Gasteiger partial charge in [0.15, 0.2) is 0 Å². The molecule has 3 heterocycles. The molecule has 0 radical (unpaired) electrons. The summed E-state index contributed by atoms with van der Waals surface area (Å²) in [6.07, 6.45) is 8.05. The fraction of sp³-hybridized carbons (Fsp3) is 0.250. The summed E-state index contributed by atoms with van der Waals surface area (Å²) in [7, 11) is 1.31. The van der Waals surface area contributed by atoms with Gasteiger partial charge >= 0.3 is 7.82 Å². The number of aromatic nitrogens is 3. The molecule has 3 aromatic heterocycles. The minimum atomic E-state index is -4.26. The third-order valence-corrected chi connectivity index (χ3v) is 7.06. The lowest BCUT2D eigenvalue weighted by molar-refractivity contribution is -0.113. The molecule has 1 amide bonds. The smallest absolute Gasteiger partial charge is 0.312 e. The van der Waals surface area contributed by atoms with Crippen molar-refractivity contribution in [3.8, 4) is 22.3 Å². The maximum absolute atomic E-state index is 14.0. The van der Waals surface area contributed by atoms with Gasteiger partial charge in [0, 0.05) is 66.5 Å². The van der Waals surface area contributed by atoms with Crippen molar-refractivity contribution in [3.05, 3.63) is 79.2 Å². The average Bonchev–Trinajstić information content (AvgIpc) is 3.29. The largest absolute Gasteiger partial charge is 0.473 e. The van der Waals surface area contributed by atoms with Crippen molar-refractivity contribution >= 4 is 30.5 Å². The van der Waals surface area contributed by atoms with E-state index in [1.807, 2.05) is 55.4 Å². The number of carbonyl (C=O) groups is 1. The van der Waals surface area contributed by atoms with E-state index in [1.165, 1.54) is 12.3 Å². The predicted molar refractivity (Wildman–Crippen MR) is 152 cm³/mol. The number of phosphoric acid groups is 1. The zero-order chi connectivity index (χ0) is 28.9. The van der Waals surface area contributed by atoms with Gasteiger partial charge in [0.25, 0.3) is 0 Å². The van der Waals surface area contributed by atoms with Crippen LogP contribution in [-0.4, -0.2) is 64.5 Å². The number of likely N-dealkylation sites (N-methyl/N-ethyl adjacent to an activating group) is 2. The first-order valence-corrected chi connectivity index (χ1v) is 14.0. The Labute approximate surface area is 231 Å². The van der Waals surface area contributed by atoms with Crippen molar-refractivity contribution in [1.29, 1.82) is 0 Å². The van der Waals surface area contributed by atoms with Gasteiger partial charge in [-0.2, -0.15) is 4.39 Å². The van der Waals surface area contributed by atoms with Crippen molar-refractivity contribution in [3.63, 3.8) is 0 Å². The molecular weight excluding hydrogens is 536 g/mol. The summed E-state index contributed by atoms with van der Waals surface area (Å²) in [5.41, 5.74) is 3.92. The van der Waals surface area contributed by atoms with Gasteiger partial charge in [-0.15, -0.1) is 0 Å². The van der Waals surface area contributed by atoms with Crippen molar-refractivity contribution in [2.75, 3.05) is 39.2 Å². The van der Waals surface area contributed by atoms with E-state index in [4.69, 9.17) is 9.05 Å². The van der Waals surface area contributed by atoms with Crippen molar-refractivity contribution in [2.45, 2.75) is 13.7 Å².